The van der Waals surface area contributed by atoms with Crippen molar-refractivity contribution in [3.8, 4) is 5.69 Å². The summed E-state index contributed by atoms with van der Waals surface area (Å²) in [5.74, 6) is -1.21. The Morgan fingerprint density at radius 1 is 1.29 bits per heavy atom. The van der Waals surface area contributed by atoms with E-state index in [0.717, 1.165) is 11.8 Å². The molecule has 3 heterocycles. The van der Waals surface area contributed by atoms with Crippen molar-refractivity contribution >= 4 is 35.0 Å². The van der Waals surface area contributed by atoms with Crippen molar-refractivity contribution in [1.82, 2.24) is 9.55 Å². The first-order valence-corrected chi connectivity index (χ1v) is 11.1. The minimum Gasteiger partial charge on any atom is -0.465 e. The van der Waals surface area contributed by atoms with Crippen LogP contribution < -0.4 is 5.56 Å². The van der Waals surface area contributed by atoms with Crippen molar-refractivity contribution in [3.05, 3.63) is 46.2 Å². The molecule has 9 heteroatoms. The number of para-hydroxylation sites is 1. The van der Waals surface area contributed by atoms with Gasteiger partial charge < -0.3 is 9.47 Å². The van der Waals surface area contributed by atoms with Gasteiger partial charge in [0, 0.05) is 12.1 Å². The summed E-state index contributed by atoms with van der Waals surface area (Å²) in [6.07, 6.45) is 0.484. The van der Waals surface area contributed by atoms with E-state index in [1.54, 1.807) is 31.2 Å². The zero-order valence-electron chi connectivity index (χ0n) is 17.6. The Hall–Kier alpha value is -2.78. The molecule has 4 rings (SSSR count). The summed E-state index contributed by atoms with van der Waals surface area (Å²) in [7, 11) is 0. The van der Waals surface area contributed by atoms with Crippen LogP contribution in [0.2, 0.25) is 0 Å². The lowest BCUT2D eigenvalue weighted by Gasteiger charge is -2.36. The Bertz CT molecular complexity index is 1120. The summed E-state index contributed by atoms with van der Waals surface area (Å²) < 4.78 is 12.1. The van der Waals surface area contributed by atoms with Gasteiger partial charge in [-0.25, -0.2) is 9.98 Å². The summed E-state index contributed by atoms with van der Waals surface area (Å²) in [5, 5.41) is 0.282. The van der Waals surface area contributed by atoms with Crippen LogP contribution in [0, 0.1) is 5.92 Å². The lowest BCUT2D eigenvalue weighted by molar-refractivity contribution is -0.139. The summed E-state index contributed by atoms with van der Waals surface area (Å²) in [6, 6.07) is 8.90. The molecule has 8 nitrogen and oxygen atoms in total. The van der Waals surface area contributed by atoms with E-state index in [2.05, 4.69) is 9.98 Å². The maximum absolute atomic E-state index is 13.5. The van der Waals surface area contributed by atoms with Gasteiger partial charge >= 0.3 is 5.97 Å². The Morgan fingerprint density at radius 3 is 2.74 bits per heavy atom. The fourth-order valence-corrected chi connectivity index (χ4v) is 4.48. The molecular weight excluding hydrogens is 418 g/mol. The average Bonchev–Trinajstić information content (AvgIpc) is 2.72. The second-order valence-corrected chi connectivity index (χ2v) is 8.87. The smallest absolute Gasteiger partial charge is 0.316 e. The Kier molecular flexibility index (Phi) is 5.81. The maximum Gasteiger partial charge on any atom is 0.316 e. The molecule has 162 valence electrons. The van der Waals surface area contributed by atoms with Crippen molar-refractivity contribution in [2.75, 3.05) is 19.0 Å². The number of esters is 1. The number of nitrogens with zero attached hydrogens (tertiary/aromatic N) is 3. The quantitative estimate of drug-likeness (QED) is 0.399. The van der Waals surface area contributed by atoms with Crippen LogP contribution in [0.5, 0.6) is 0 Å². The van der Waals surface area contributed by atoms with E-state index < -0.39 is 23.0 Å². The van der Waals surface area contributed by atoms with Gasteiger partial charge in [0.25, 0.3) is 5.56 Å². The molecule has 2 aliphatic heterocycles. The van der Waals surface area contributed by atoms with Crippen LogP contribution in [-0.2, 0) is 14.3 Å². The maximum atomic E-state index is 13.5. The third-order valence-corrected chi connectivity index (χ3v) is 6.05. The molecule has 1 saturated heterocycles. The predicted molar refractivity (Wildman–Crippen MR) is 117 cm³/mol. The number of hydrogen-bond donors (Lipinski definition) is 0. The highest BCUT2D eigenvalue weighted by molar-refractivity contribution is 7.99. The van der Waals surface area contributed by atoms with E-state index >= 15 is 0 Å². The van der Waals surface area contributed by atoms with Gasteiger partial charge in [-0.1, -0.05) is 30.0 Å². The number of aromatic nitrogens is 2. The van der Waals surface area contributed by atoms with Gasteiger partial charge in [-0.05, 0) is 32.9 Å². The van der Waals surface area contributed by atoms with Gasteiger partial charge in [-0.3, -0.25) is 19.0 Å². The van der Waals surface area contributed by atoms with E-state index in [4.69, 9.17) is 9.47 Å². The number of thioether (sulfide) groups is 1. The zero-order chi connectivity index (χ0) is 22.2. The first-order valence-electron chi connectivity index (χ1n) is 10.1. The first kappa shape index (κ1) is 21.5. The average molecular weight is 442 g/mol. The number of carbonyl (C=O) groups excluding carboxylic acids is 2. The van der Waals surface area contributed by atoms with Crippen molar-refractivity contribution in [2.24, 2.45) is 10.9 Å². The lowest BCUT2D eigenvalue weighted by Crippen LogP contribution is -2.46. The first-order chi connectivity index (χ1) is 14.8. The Morgan fingerprint density at radius 2 is 2.03 bits per heavy atom. The van der Waals surface area contributed by atoms with Crippen LogP contribution in [-0.4, -0.2) is 51.6 Å². The number of fused-ring (bicyclic) bond motifs is 2. The molecule has 0 N–H and O–H groups in total. The number of carbonyl (C=O) groups is 2. The van der Waals surface area contributed by atoms with E-state index in [1.165, 1.54) is 4.57 Å². The molecule has 2 aliphatic rings. The molecule has 0 unspecified atom stereocenters. The molecule has 1 atom stereocenters. The summed E-state index contributed by atoms with van der Waals surface area (Å²) in [4.78, 5) is 47.7. The number of rotatable bonds is 5. The van der Waals surface area contributed by atoms with Crippen LogP contribution in [0.15, 0.2) is 45.3 Å². The van der Waals surface area contributed by atoms with Gasteiger partial charge in [-0.2, -0.15) is 0 Å². The van der Waals surface area contributed by atoms with E-state index in [-0.39, 0.29) is 41.3 Å². The highest BCUT2D eigenvalue weighted by Crippen LogP contribution is 2.35. The number of Topliss-reactive ketones (excluding diaryl/α,β-unsaturated/α-hetero) is 1. The lowest BCUT2D eigenvalue weighted by atomic mass is 9.83. The molecule has 0 bridgehead atoms. The van der Waals surface area contributed by atoms with Crippen LogP contribution >= 0.6 is 11.8 Å². The van der Waals surface area contributed by atoms with Gasteiger partial charge in [-0.15, -0.1) is 0 Å². The predicted octanol–water partition coefficient (Wildman–Crippen LogP) is 2.97. The minimum atomic E-state index is -0.572. The fraction of sp³-hybridized carbons (Fsp3) is 0.409. The molecule has 0 radical (unpaired) electrons. The summed E-state index contributed by atoms with van der Waals surface area (Å²) in [6.45, 7) is 6.06. The van der Waals surface area contributed by atoms with Crippen LogP contribution in [0.3, 0.4) is 0 Å². The highest BCUT2D eigenvalue weighted by atomic mass is 32.2. The number of aliphatic imine (C=N–C) groups is 1. The molecule has 2 aromatic rings. The molecular formula is C22H23N3O5S. The van der Waals surface area contributed by atoms with Gasteiger partial charge in [0.15, 0.2) is 16.8 Å². The van der Waals surface area contributed by atoms with E-state index in [1.807, 2.05) is 19.9 Å². The summed E-state index contributed by atoms with van der Waals surface area (Å²) >= 11 is 1.08. The number of ether oxygens (including phenoxy) is 2. The van der Waals surface area contributed by atoms with Crippen LogP contribution in [0.25, 0.3) is 5.69 Å². The standard InChI is InChI=1S/C22H23N3O5S/c1-4-29-16(26)12-31-21-24-19-17(20(28)25(21)13-8-6-5-7-9-13)18(27)14-11-30-22(2,3)10-15(14)23-19/h5-9,14H,4,10-12H2,1-3H3/t14-/m0/s1. The van der Waals surface area contributed by atoms with Crippen LogP contribution in [0.4, 0.5) is 5.82 Å². The van der Waals surface area contributed by atoms with Crippen LogP contribution in [0.1, 0.15) is 37.6 Å². The minimum absolute atomic E-state index is 0.0140. The molecule has 1 aromatic carbocycles. The van der Waals surface area contributed by atoms with E-state index in [9.17, 15) is 14.4 Å². The fourth-order valence-electron chi connectivity index (χ4n) is 3.69. The summed E-state index contributed by atoms with van der Waals surface area (Å²) in [5.41, 5.74) is 0.256. The third kappa shape index (κ3) is 4.20. The highest BCUT2D eigenvalue weighted by Gasteiger charge is 2.42. The zero-order valence-corrected chi connectivity index (χ0v) is 18.4. The van der Waals surface area contributed by atoms with Crippen molar-refractivity contribution < 1.29 is 19.1 Å². The molecule has 31 heavy (non-hydrogen) atoms. The SMILES string of the molecule is CCOC(=O)CSc1nc2c(c(=O)n1-c1ccccc1)C(=O)[C@H]1COC(C)(C)CC1=N2. The van der Waals surface area contributed by atoms with Crippen molar-refractivity contribution in [1.29, 1.82) is 0 Å². The van der Waals surface area contributed by atoms with E-state index in [0.29, 0.717) is 17.8 Å². The molecule has 0 spiro atoms. The molecule has 0 saturated carbocycles. The Balaban J connectivity index is 1.84. The van der Waals surface area contributed by atoms with Gasteiger partial charge in [0.05, 0.1) is 36.2 Å². The normalized spacial score (nSPS) is 19.3. The monoisotopic (exact) mass is 441 g/mol. The number of hydrogen-bond acceptors (Lipinski definition) is 8. The molecule has 1 aromatic heterocycles. The third-order valence-electron chi connectivity index (χ3n) is 5.13. The molecule has 0 amide bonds. The number of ketones is 1. The second-order valence-electron chi connectivity index (χ2n) is 7.93. The molecule has 1 fully saturated rings. The van der Waals surface area contributed by atoms with Crippen molar-refractivity contribution in [3.63, 3.8) is 0 Å². The second kappa shape index (κ2) is 8.39. The molecule has 0 aliphatic carbocycles. The largest absolute Gasteiger partial charge is 0.465 e. The van der Waals surface area contributed by atoms with Gasteiger partial charge in [0.1, 0.15) is 5.56 Å². The topological polar surface area (TPSA) is 99.8 Å². The number of benzene rings is 1. The Labute approximate surface area is 183 Å². The van der Waals surface area contributed by atoms with Gasteiger partial charge in [0.2, 0.25) is 0 Å². The van der Waals surface area contributed by atoms with Crippen molar-refractivity contribution in [2.45, 2.75) is 37.9 Å².